The second-order valence-corrected chi connectivity index (χ2v) is 10.6. The number of rotatable bonds is 4. The lowest BCUT2D eigenvalue weighted by Crippen LogP contribution is -2.33. The molecule has 3 aliphatic rings. The molecule has 1 saturated carbocycles. The van der Waals surface area contributed by atoms with Crippen LogP contribution in [0.15, 0.2) is 76.5 Å². The molecular weight excluding hydrogens is 482 g/mol. The predicted octanol–water partition coefficient (Wildman–Crippen LogP) is 5.61. The Morgan fingerprint density at radius 2 is 1.80 bits per heavy atom. The highest BCUT2D eigenvalue weighted by Gasteiger charge is 2.38. The van der Waals surface area contributed by atoms with Crippen LogP contribution >= 0.6 is 23.4 Å². The summed E-state index contributed by atoms with van der Waals surface area (Å²) in [6.07, 6.45) is 2.14. The fraction of sp³-hybridized carbons (Fsp3) is 0.222. The Morgan fingerprint density at radius 1 is 0.971 bits per heavy atom. The smallest absolute Gasteiger partial charge is 0.259 e. The molecule has 1 aliphatic carbocycles. The Kier molecular flexibility index (Phi) is 5.54. The number of nitrogens with zero attached hydrogens (tertiary/aromatic N) is 2. The number of hydrogen-bond donors (Lipinski definition) is 1. The standard InChI is InChI=1S/C27H22ClN3O3S/c28-17-4-3-5-20(13-17)30-15-16(12-25(30)32)26(33)29-18-8-11-22-24(14-18)35-23-7-2-1-6-21(23)27(34)31(22)19-9-10-19/h1-8,11,13-14,16,19H,9-10,12,15H2,(H,29,33). The van der Waals surface area contributed by atoms with Gasteiger partial charge < -0.3 is 15.1 Å². The first-order valence-electron chi connectivity index (χ1n) is 11.6. The van der Waals surface area contributed by atoms with E-state index in [2.05, 4.69) is 5.32 Å². The van der Waals surface area contributed by atoms with Gasteiger partial charge in [0.2, 0.25) is 11.8 Å². The van der Waals surface area contributed by atoms with Crippen LogP contribution in [0.1, 0.15) is 29.6 Å². The highest BCUT2D eigenvalue weighted by molar-refractivity contribution is 7.99. The van der Waals surface area contributed by atoms with Crippen LogP contribution in [-0.4, -0.2) is 30.3 Å². The van der Waals surface area contributed by atoms with Crippen molar-refractivity contribution < 1.29 is 14.4 Å². The molecule has 8 heteroatoms. The maximum Gasteiger partial charge on any atom is 0.259 e. The molecule has 3 amide bonds. The Hall–Kier alpha value is -3.29. The van der Waals surface area contributed by atoms with Crippen molar-refractivity contribution in [1.82, 2.24) is 0 Å². The van der Waals surface area contributed by atoms with Crippen LogP contribution in [-0.2, 0) is 9.59 Å². The number of carbonyl (C=O) groups is 3. The summed E-state index contributed by atoms with van der Waals surface area (Å²) in [5.41, 5.74) is 2.93. The Bertz CT molecular complexity index is 1370. The summed E-state index contributed by atoms with van der Waals surface area (Å²) in [4.78, 5) is 44.3. The van der Waals surface area contributed by atoms with Gasteiger partial charge in [0.1, 0.15) is 0 Å². The Morgan fingerprint density at radius 3 is 2.60 bits per heavy atom. The molecule has 1 unspecified atom stereocenters. The number of carbonyl (C=O) groups excluding carboxylic acids is 3. The molecule has 2 aliphatic heterocycles. The lowest BCUT2D eigenvalue weighted by atomic mass is 10.1. The molecule has 3 aromatic rings. The van der Waals surface area contributed by atoms with Gasteiger partial charge in [0.15, 0.2) is 0 Å². The molecule has 0 bridgehead atoms. The van der Waals surface area contributed by atoms with Crippen molar-refractivity contribution in [2.75, 3.05) is 21.7 Å². The van der Waals surface area contributed by atoms with Gasteiger partial charge >= 0.3 is 0 Å². The quantitative estimate of drug-likeness (QED) is 0.502. The van der Waals surface area contributed by atoms with E-state index in [1.807, 2.05) is 53.4 Å². The summed E-state index contributed by atoms with van der Waals surface area (Å²) in [7, 11) is 0. The SMILES string of the molecule is O=C(Nc1ccc2c(c1)Sc1ccccc1C(=O)N2C1CC1)C1CC(=O)N(c2cccc(Cl)c2)C1. The highest BCUT2D eigenvalue weighted by Crippen LogP contribution is 2.46. The van der Waals surface area contributed by atoms with Crippen molar-refractivity contribution in [3.05, 3.63) is 77.3 Å². The van der Waals surface area contributed by atoms with Crippen LogP contribution in [0.25, 0.3) is 0 Å². The van der Waals surface area contributed by atoms with Crippen molar-refractivity contribution in [3.63, 3.8) is 0 Å². The third kappa shape index (κ3) is 4.19. The first-order valence-corrected chi connectivity index (χ1v) is 12.8. The van der Waals surface area contributed by atoms with Crippen LogP contribution in [0.5, 0.6) is 0 Å². The van der Waals surface area contributed by atoms with Crippen molar-refractivity contribution in [1.29, 1.82) is 0 Å². The third-order valence-electron chi connectivity index (χ3n) is 6.57. The lowest BCUT2D eigenvalue weighted by Gasteiger charge is -2.23. The molecule has 1 saturated heterocycles. The monoisotopic (exact) mass is 503 g/mol. The number of nitrogens with one attached hydrogen (secondary N) is 1. The molecule has 1 atom stereocenters. The van der Waals surface area contributed by atoms with Gasteiger partial charge in [0.05, 0.1) is 17.2 Å². The van der Waals surface area contributed by atoms with Crippen molar-refractivity contribution in [3.8, 4) is 0 Å². The Labute approximate surface area is 212 Å². The normalized spacial score (nSPS) is 19.3. The van der Waals surface area contributed by atoms with Gasteiger partial charge in [-0.3, -0.25) is 14.4 Å². The number of hydrogen-bond acceptors (Lipinski definition) is 4. The third-order valence-corrected chi connectivity index (χ3v) is 7.93. The minimum atomic E-state index is -0.460. The minimum Gasteiger partial charge on any atom is -0.326 e. The van der Waals surface area contributed by atoms with Crippen LogP contribution < -0.4 is 15.1 Å². The van der Waals surface area contributed by atoms with E-state index in [-0.39, 0.29) is 30.2 Å². The van der Waals surface area contributed by atoms with Gasteiger partial charge in [-0.1, -0.05) is 41.6 Å². The fourth-order valence-corrected chi connectivity index (χ4v) is 5.97. The van der Waals surface area contributed by atoms with E-state index in [1.165, 1.54) is 0 Å². The van der Waals surface area contributed by atoms with Crippen molar-refractivity contribution >= 4 is 58.1 Å². The van der Waals surface area contributed by atoms with E-state index in [0.29, 0.717) is 28.5 Å². The van der Waals surface area contributed by atoms with Crippen LogP contribution in [0, 0.1) is 5.92 Å². The largest absolute Gasteiger partial charge is 0.326 e. The summed E-state index contributed by atoms with van der Waals surface area (Å²) in [6.45, 7) is 0.308. The summed E-state index contributed by atoms with van der Waals surface area (Å²) in [6, 6.07) is 20.6. The fourth-order valence-electron chi connectivity index (χ4n) is 4.68. The molecule has 3 aromatic carbocycles. The molecule has 176 valence electrons. The molecule has 35 heavy (non-hydrogen) atoms. The zero-order chi connectivity index (χ0) is 24.1. The number of fused-ring (bicyclic) bond motifs is 2. The molecule has 0 aromatic heterocycles. The first-order chi connectivity index (χ1) is 17.0. The van der Waals surface area contributed by atoms with Crippen LogP contribution in [0.3, 0.4) is 0 Å². The average molecular weight is 504 g/mol. The molecule has 2 heterocycles. The van der Waals surface area contributed by atoms with Gasteiger partial charge in [-0.25, -0.2) is 0 Å². The molecule has 0 spiro atoms. The predicted molar refractivity (Wildman–Crippen MR) is 137 cm³/mol. The van der Waals surface area contributed by atoms with E-state index in [1.54, 1.807) is 34.9 Å². The summed E-state index contributed by atoms with van der Waals surface area (Å²) in [5.74, 6) is -0.730. The molecule has 6 rings (SSSR count). The van der Waals surface area contributed by atoms with E-state index in [4.69, 9.17) is 11.6 Å². The van der Waals surface area contributed by atoms with E-state index in [0.717, 1.165) is 28.3 Å². The molecular formula is C27H22ClN3O3S. The summed E-state index contributed by atoms with van der Waals surface area (Å²) < 4.78 is 0. The number of anilines is 3. The minimum absolute atomic E-state index is 0.0247. The molecule has 0 radical (unpaired) electrons. The second kappa shape index (κ2) is 8.73. The second-order valence-electron chi connectivity index (χ2n) is 9.06. The topological polar surface area (TPSA) is 69.7 Å². The first kappa shape index (κ1) is 22.2. The molecule has 6 nitrogen and oxygen atoms in total. The van der Waals surface area contributed by atoms with Crippen LogP contribution in [0.2, 0.25) is 5.02 Å². The van der Waals surface area contributed by atoms with Gasteiger partial charge in [0.25, 0.3) is 5.91 Å². The summed E-state index contributed by atoms with van der Waals surface area (Å²) >= 11 is 7.62. The molecule has 1 N–H and O–H groups in total. The van der Waals surface area contributed by atoms with Crippen molar-refractivity contribution in [2.45, 2.75) is 35.1 Å². The number of benzene rings is 3. The van der Waals surface area contributed by atoms with E-state index >= 15 is 0 Å². The van der Waals surface area contributed by atoms with Gasteiger partial charge in [0, 0.05) is 45.2 Å². The van der Waals surface area contributed by atoms with E-state index < -0.39 is 5.92 Å². The maximum absolute atomic E-state index is 13.3. The maximum atomic E-state index is 13.3. The molecule has 2 fully saturated rings. The zero-order valence-corrected chi connectivity index (χ0v) is 20.3. The highest BCUT2D eigenvalue weighted by atomic mass is 35.5. The lowest BCUT2D eigenvalue weighted by molar-refractivity contribution is -0.122. The zero-order valence-electron chi connectivity index (χ0n) is 18.7. The van der Waals surface area contributed by atoms with Crippen LogP contribution in [0.4, 0.5) is 17.1 Å². The summed E-state index contributed by atoms with van der Waals surface area (Å²) in [5, 5.41) is 3.54. The Balaban J connectivity index is 1.24. The van der Waals surface area contributed by atoms with Gasteiger partial charge in [-0.05, 0) is 61.4 Å². The van der Waals surface area contributed by atoms with Crippen molar-refractivity contribution in [2.24, 2.45) is 5.92 Å². The van der Waals surface area contributed by atoms with Gasteiger partial charge in [-0.2, -0.15) is 0 Å². The number of halogens is 1. The number of amides is 3. The van der Waals surface area contributed by atoms with E-state index in [9.17, 15) is 14.4 Å². The average Bonchev–Trinajstić information content (AvgIpc) is 3.61. The van der Waals surface area contributed by atoms with Gasteiger partial charge in [-0.15, -0.1) is 0 Å².